The first kappa shape index (κ1) is 9.44. The zero-order valence-electron chi connectivity index (χ0n) is 7.28. The van der Waals surface area contributed by atoms with E-state index in [1.54, 1.807) is 0 Å². The number of carbonyl (C=O) groups is 1. The van der Waals surface area contributed by atoms with E-state index in [0.29, 0.717) is 6.54 Å². The van der Waals surface area contributed by atoms with E-state index in [4.69, 9.17) is 0 Å². The first-order valence-corrected chi connectivity index (χ1v) is 4.02. The number of carbonyl (C=O) groups excluding carboxylic acids is 1. The second-order valence-corrected chi connectivity index (χ2v) is 2.48. The highest BCUT2D eigenvalue weighted by molar-refractivity contribution is 5.92. The predicted octanol–water partition coefficient (Wildman–Crippen LogP) is 0.760. The van der Waals surface area contributed by atoms with Gasteiger partial charge in [-0.3, -0.25) is 4.79 Å². The molecule has 0 aliphatic rings. The highest BCUT2D eigenvalue weighted by Crippen LogP contribution is 2.00. The minimum Gasteiger partial charge on any atom is -0.351 e. The fourth-order valence-electron chi connectivity index (χ4n) is 0.796. The van der Waals surface area contributed by atoms with Crippen LogP contribution in [0.4, 0.5) is 0 Å². The lowest BCUT2D eigenvalue weighted by Gasteiger charge is -2.00. The van der Waals surface area contributed by atoms with Gasteiger partial charge in [0.25, 0.3) is 5.91 Å². The summed E-state index contributed by atoms with van der Waals surface area (Å²) in [5.74, 6) is -0.332. The van der Waals surface area contributed by atoms with E-state index in [-0.39, 0.29) is 11.6 Å². The van der Waals surface area contributed by atoms with E-state index in [2.05, 4.69) is 15.3 Å². The minimum absolute atomic E-state index is 0.119. The average Bonchev–Trinajstić information content (AvgIpc) is 2.14. The second kappa shape index (κ2) is 4.39. The van der Waals surface area contributed by atoms with Crippen molar-refractivity contribution < 1.29 is 9.90 Å². The van der Waals surface area contributed by atoms with Gasteiger partial charge in [-0.2, -0.15) is 4.98 Å². The lowest BCUT2D eigenvalue weighted by atomic mass is 10.3. The Balaban J connectivity index is 2.66. The van der Waals surface area contributed by atoms with Gasteiger partial charge in [-0.05, 0) is 12.5 Å². The van der Waals surface area contributed by atoms with Crippen molar-refractivity contribution in [3.8, 4) is 6.01 Å². The molecule has 5 nitrogen and oxygen atoms in total. The maximum atomic E-state index is 11.2. The molecule has 69 valence electrons. The van der Waals surface area contributed by atoms with Crippen LogP contribution in [0.15, 0.2) is 12.3 Å². The van der Waals surface area contributed by atoms with Gasteiger partial charge in [0.2, 0.25) is 0 Å². The molecule has 5 heteroatoms. The number of rotatable bonds is 3. The van der Waals surface area contributed by atoms with Gasteiger partial charge >= 0.3 is 6.01 Å². The highest BCUT2D eigenvalue weighted by atomic mass is 16.3. The van der Waals surface area contributed by atoms with Gasteiger partial charge in [-0.1, -0.05) is 6.92 Å². The molecule has 0 aliphatic carbocycles. The third-order valence-corrected chi connectivity index (χ3v) is 1.40. The molecule has 0 unspecified atom stereocenters. The molecule has 1 heterocycles. The van der Waals surface area contributed by atoms with Gasteiger partial charge in [0.1, 0.15) is 5.69 Å². The molecule has 0 fully saturated rings. The molecule has 1 aromatic heterocycles. The zero-order chi connectivity index (χ0) is 9.68. The number of hydrogen-bond acceptors (Lipinski definition) is 3. The largest absolute Gasteiger partial charge is 0.367 e. The summed E-state index contributed by atoms with van der Waals surface area (Å²) in [6, 6.07) is 0.774. The number of amides is 1. The fourth-order valence-corrected chi connectivity index (χ4v) is 0.796. The van der Waals surface area contributed by atoms with Crippen LogP contribution in [0.1, 0.15) is 23.8 Å². The normalized spacial score (nSPS) is 9.62. The van der Waals surface area contributed by atoms with Gasteiger partial charge in [0.15, 0.2) is 0 Å². The predicted molar refractivity (Wildman–Crippen MR) is 44.8 cm³/mol. The van der Waals surface area contributed by atoms with Crippen LogP contribution in [0.3, 0.4) is 0 Å². The van der Waals surface area contributed by atoms with E-state index < -0.39 is 6.01 Å². The van der Waals surface area contributed by atoms with Crippen molar-refractivity contribution in [2.45, 2.75) is 13.3 Å². The molecule has 1 rings (SSSR count). The summed E-state index contributed by atoms with van der Waals surface area (Å²) in [5, 5.41) is 13.3. The summed E-state index contributed by atoms with van der Waals surface area (Å²) in [6.45, 7) is 2.52. The topological polar surface area (TPSA) is 74.8 Å². The average molecular weight is 180 g/mol. The summed E-state index contributed by atoms with van der Waals surface area (Å²) in [4.78, 5) is 18.0. The molecule has 1 N–H and O–H groups in total. The molecule has 1 amide bonds. The van der Waals surface area contributed by atoms with E-state index in [0.717, 1.165) is 6.42 Å². The van der Waals surface area contributed by atoms with Crippen LogP contribution in [0.2, 0.25) is 0 Å². The SMILES string of the molecule is CCCNC(=O)c1ccnc([O])n1. The van der Waals surface area contributed by atoms with Crippen molar-refractivity contribution in [2.75, 3.05) is 6.54 Å². The summed E-state index contributed by atoms with van der Waals surface area (Å²) < 4.78 is 0. The van der Waals surface area contributed by atoms with Crippen LogP contribution in [-0.2, 0) is 5.11 Å². The summed E-state index contributed by atoms with van der Waals surface area (Å²) in [7, 11) is 0. The smallest absolute Gasteiger partial charge is 0.351 e. The molecule has 0 bridgehead atoms. The zero-order valence-corrected chi connectivity index (χ0v) is 7.28. The third kappa shape index (κ3) is 2.70. The number of aromatic nitrogens is 2. The molecular formula is C8H10N3O2. The van der Waals surface area contributed by atoms with E-state index in [9.17, 15) is 9.90 Å². The molecule has 0 saturated carbocycles. The summed E-state index contributed by atoms with van der Waals surface area (Å²) >= 11 is 0. The maximum absolute atomic E-state index is 11.2. The Bertz CT molecular complexity index is 301. The first-order chi connectivity index (χ1) is 6.24. The number of nitrogens with zero attached hydrogens (tertiary/aromatic N) is 2. The third-order valence-electron chi connectivity index (χ3n) is 1.40. The Kier molecular flexibility index (Phi) is 3.19. The molecule has 0 spiro atoms. The van der Waals surface area contributed by atoms with Crippen molar-refractivity contribution in [1.29, 1.82) is 0 Å². The highest BCUT2D eigenvalue weighted by Gasteiger charge is 2.07. The van der Waals surface area contributed by atoms with Crippen LogP contribution < -0.4 is 5.32 Å². The Morgan fingerprint density at radius 3 is 3.00 bits per heavy atom. The van der Waals surface area contributed by atoms with Crippen molar-refractivity contribution in [3.05, 3.63) is 18.0 Å². The summed E-state index contributed by atoms with van der Waals surface area (Å²) in [6.07, 6.45) is 2.12. The fraction of sp³-hybridized carbons (Fsp3) is 0.375. The van der Waals surface area contributed by atoms with Crippen molar-refractivity contribution in [2.24, 2.45) is 0 Å². The van der Waals surface area contributed by atoms with Crippen LogP contribution in [0, 0.1) is 0 Å². The minimum atomic E-state index is -0.635. The molecule has 0 atom stereocenters. The maximum Gasteiger partial charge on any atom is 0.367 e. The van der Waals surface area contributed by atoms with Crippen molar-refractivity contribution >= 4 is 5.91 Å². The number of nitrogens with one attached hydrogen (secondary N) is 1. The lowest BCUT2D eigenvalue weighted by molar-refractivity contribution is 0.0946. The van der Waals surface area contributed by atoms with Crippen LogP contribution in [-0.4, -0.2) is 22.4 Å². The lowest BCUT2D eigenvalue weighted by Crippen LogP contribution is -2.24. The molecule has 0 aliphatic heterocycles. The quantitative estimate of drug-likeness (QED) is 0.746. The van der Waals surface area contributed by atoms with Crippen LogP contribution >= 0.6 is 0 Å². The molecule has 1 aromatic rings. The van der Waals surface area contributed by atoms with Gasteiger partial charge in [0.05, 0.1) is 0 Å². The van der Waals surface area contributed by atoms with Crippen LogP contribution in [0.25, 0.3) is 0 Å². The van der Waals surface area contributed by atoms with Gasteiger partial charge < -0.3 is 5.32 Å². The Morgan fingerprint density at radius 2 is 2.38 bits per heavy atom. The molecule has 13 heavy (non-hydrogen) atoms. The monoisotopic (exact) mass is 180 g/mol. The van der Waals surface area contributed by atoms with Crippen LogP contribution in [0.5, 0.6) is 6.01 Å². The van der Waals surface area contributed by atoms with Gasteiger partial charge in [-0.25, -0.2) is 10.1 Å². The van der Waals surface area contributed by atoms with E-state index in [1.807, 2.05) is 6.92 Å². The first-order valence-electron chi connectivity index (χ1n) is 4.02. The second-order valence-electron chi connectivity index (χ2n) is 2.48. The Morgan fingerprint density at radius 1 is 1.62 bits per heavy atom. The van der Waals surface area contributed by atoms with Gasteiger partial charge in [-0.15, -0.1) is 0 Å². The molecule has 0 aromatic carbocycles. The molecule has 0 saturated heterocycles. The van der Waals surface area contributed by atoms with Gasteiger partial charge in [0, 0.05) is 12.7 Å². The number of hydrogen-bond donors (Lipinski definition) is 1. The molecular weight excluding hydrogens is 170 g/mol. The Hall–Kier alpha value is -1.65. The van der Waals surface area contributed by atoms with E-state index in [1.165, 1.54) is 12.3 Å². The van der Waals surface area contributed by atoms with Crippen molar-refractivity contribution in [1.82, 2.24) is 15.3 Å². The molecule has 1 radical (unpaired) electrons. The summed E-state index contributed by atoms with van der Waals surface area (Å²) in [5.41, 5.74) is 0.119. The van der Waals surface area contributed by atoms with E-state index >= 15 is 0 Å². The standard InChI is InChI=1S/C8H10N3O2/c1-2-4-9-7(12)6-3-5-10-8(13)11-6/h3,5H,2,4H2,1H3,(H,9,12). The Labute approximate surface area is 75.8 Å². The van der Waals surface area contributed by atoms with Crippen molar-refractivity contribution in [3.63, 3.8) is 0 Å².